The third kappa shape index (κ3) is 14.8. The molecule has 0 N–H and O–H groups in total. The van der Waals surface area contributed by atoms with E-state index in [0.29, 0.717) is 24.3 Å². The van der Waals surface area contributed by atoms with Crippen LogP contribution in [0.1, 0.15) is 108 Å². The van der Waals surface area contributed by atoms with Crippen molar-refractivity contribution < 1.29 is 9.47 Å². The quantitative estimate of drug-likeness (QED) is 0.341. The van der Waals surface area contributed by atoms with Crippen molar-refractivity contribution in [1.29, 1.82) is 0 Å². The molecule has 0 atom stereocenters. The summed E-state index contributed by atoms with van der Waals surface area (Å²) in [4.78, 5) is 4.66. The van der Waals surface area contributed by atoms with Crippen LogP contribution in [0.2, 0.25) is 0 Å². The molecular weight excluding hydrogens is 468 g/mol. The molecule has 0 saturated carbocycles. The van der Waals surface area contributed by atoms with Gasteiger partial charge in [0.2, 0.25) is 0 Å². The summed E-state index contributed by atoms with van der Waals surface area (Å²) in [5.41, 5.74) is 3.92. The highest BCUT2D eigenvalue weighted by Crippen LogP contribution is 2.29. The molecule has 0 unspecified atom stereocenters. The van der Waals surface area contributed by atoms with E-state index in [2.05, 4.69) is 131 Å². The summed E-state index contributed by atoms with van der Waals surface area (Å²) in [5.74, 6) is 2.07. The lowest BCUT2D eigenvalue weighted by Gasteiger charge is -2.38. The second-order valence-corrected chi connectivity index (χ2v) is 15.5. The van der Waals surface area contributed by atoms with Crippen LogP contribution in [-0.4, -0.2) is 34.3 Å². The molecule has 0 spiro atoms. The van der Waals surface area contributed by atoms with Gasteiger partial charge in [-0.05, 0) is 64.5 Å². The molecule has 2 aromatic carbocycles. The fourth-order valence-corrected chi connectivity index (χ4v) is 3.21. The van der Waals surface area contributed by atoms with Crippen LogP contribution in [0.15, 0.2) is 48.5 Å². The molecule has 2 aliphatic heterocycles. The Bertz CT molecular complexity index is 864. The highest BCUT2D eigenvalue weighted by atomic mass is 16.5. The van der Waals surface area contributed by atoms with E-state index in [4.69, 9.17) is 9.47 Å². The first kappa shape index (κ1) is 34.0. The third-order valence-electron chi connectivity index (χ3n) is 5.32. The highest BCUT2D eigenvalue weighted by Gasteiger charge is 2.27. The van der Waals surface area contributed by atoms with Crippen LogP contribution in [0.4, 0.5) is 0 Å². The molecule has 4 heteroatoms. The smallest absolute Gasteiger partial charge is 0.142 e. The van der Waals surface area contributed by atoms with Crippen molar-refractivity contribution in [2.24, 2.45) is 10.8 Å². The average molecular weight is 527 g/mol. The zero-order chi connectivity index (χ0) is 29.4. The van der Waals surface area contributed by atoms with E-state index in [1.54, 1.807) is 0 Å². The van der Waals surface area contributed by atoms with Crippen LogP contribution >= 0.6 is 0 Å². The topological polar surface area (TPSA) is 24.9 Å². The fraction of sp³-hybridized carbons (Fsp3) is 0.647. The van der Waals surface area contributed by atoms with Gasteiger partial charge in [-0.2, -0.15) is 0 Å². The lowest BCUT2D eigenvalue weighted by molar-refractivity contribution is 0.0216. The lowest BCUT2D eigenvalue weighted by atomic mass is 10.0. The van der Waals surface area contributed by atoms with Crippen LogP contribution in [0.3, 0.4) is 0 Å². The Labute approximate surface area is 235 Å². The van der Waals surface area contributed by atoms with Crippen LogP contribution in [0.5, 0.6) is 11.5 Å². The van der Waals surface area contributed by atoms with Crippen molar-refractivity contribution in [2.45, 2.75) is 121 Å². The molecule has 2 aromatic rings. The number of hydrogen-bond donors (Lipinski definition) is 0. The van der Waals surface area contributed by atoms with E-state index in [0.717, 1.165) is 24.6 Å². The Kier molecular flexibility index (Phi) is 12.4. The van der Waals surface area contributed by atoms with Gasteiger partial charge in [-0.25, -0.2) is 0 Å². The van der Waals surface area contributed by atoms with Gasteiger partial charge in [-0.1, -0.05) is 91.8 Å². The molecule has 2 heterocycles. The maximum atomic E-state index is 5.69. The minimum Gasteiger partial charge on any atom is -0.478 e. The van der Waals surface area contributed by atoms with Crippen molar-refractivity contribution in [2.75, 3.05) is 13.5 Å². The van der Waals surface area contributed by atoms with Gasteiger partial charge in [0.25, 0.3) is 0 Å². The largest absolute Gasteiger partial charge is 0.478 e. The van der Waals surface area contributed by atoms with E-state index in [1.807, 2.05) is 24.3 Å². The summed E-state index contributed by atoms with van der Waals surface area (Å²) in [5, 5.41) is 0. The first-order valence-corrected chi connectivity index (χ1v) is 14.1. The number of rotatable bonds is 0. The number of para-hydroxylation sites is 2. The van der Waals surface area contributed by atoms with E-state index in [9.17, 15) is 0 Å². The molecule has 0 fully saturated rings. The molecule has 0 amide bonds. The third-order valence-corrected chi connectivity index (χ3v) is 5.32. The number of nitrogens with zero attached hydrogens (tertiary/aromatic N) is 2. The van der Waals surface area contributed by atoms with Crippen molar-refractivity contribution in [1.82, 2.24) is 9.80 Å². The van der Waals surface area contributed by atoms with Gasteiger partial charge in [0.05, 0.1) is 0 Å². The molecule has 0 aromatic heterocycles. The Balaban J connectivity index is 0.000000284. The zero-order valence-electron chi connectivity index (χ0n) is 27.2. The standard InChI is InChI=1S/2C12H17NO.2C5H12/c2*1-12(2,3)13-8-10-6-4-5-7-11(10)14-9-13;2*1-5(2,3)4/h2*4-7H,8-9H2,1-3H3;2*1-4H3. The summed E-state index contributed by atoms with van der Waals surface area (Å²) in [6, 6.07) is 16.5. The summed E-state index contributed by atoms with van der Waals surface area (Å²) in [6.07, 6.45) is 0. The maximum absolute atomic E-state index is 5.69. The average Bonchev–Trinajstić information content (AvgIpc) is 2.75. The normalized spacial score (nSPS) is 15.9. The SMILES string of the molecule is CC(C)(C)C.CC(C)(C)C.CC(C)(C)N1COc2ccccc2C1.CC(C)(C)N1COc2ccccc2C1. The summed E-state index contributed by atoms with van der Waals surface area (Å²) in [7, 11) is 0. The molecule has 216 valence electrons. The zero-order valence-corrected chi connectivity index (χ0v) is 27.2. The van der Waals surface area contributed by atoms with E-state index < -0.39 is 0 Å². The Morgan fingerprint density at radius 3 is 1.00 bits per heavy atom. The molecular formula is C34H58N2O2. The molecule has 0 radical (unpaired) electrons. The molecule has 2 aliphatic rings. The maximum Gasteiger partial charge on any atom is 0.142 e. The number of fused-ring (bicyclic) bond motifs is 2. The Morgan fingerprint density at radius 2 is 0.737 bits per heavy atom. The fourth-order valence-electron chi connectivity index (χ4n) is 3.21. The molecule has 4 nitrogen and oxygen atoms in total. The Morgan fingerprint density at radius 1 is 0.474 bits per heavy atom. The van der Waals surface area contributed by atoms with Crippen LogP contribution in [-0.2, 0) is 13.1 Å². The monoisotopic (exact) mass is 526 g/mol. The van der Waals surface area contributed by atoms with E-state index in [1.165, 1.54) is 11.1 Å². The molecule has 0 saturated heterocycles. The lowest BCUT2D eigenvalue weighted by Crippen LogP contribution is -2.45. The second-order valence-electron chi connectivity index (χ2n) is 15.5. The number of hydrogen-bond acceptors (Lipinski definition) is 4. The van der Waals surface area contributed by atoms with Gasteiger partial charge in [0, 0.05) is 35.3 Å². The predicted molar refractivity (Wildman–Crippen MR) is 165 cm³/mol. The van der Waals surface area contributed by atoms with Gasteiger partial charge in [-0.3, -0.25) is 9.80 Å². The highest BCUT2D eigenvalue weighted by molar-refractivity contribution is 5.35. The van der Waals surface area contributed by atoms with Gasteiger partial charge >= 0.3 is 0 Å². The summed E-state index contributed by atoms with van der Waals surface area (Å²) in [6.45, 7) is 34.1. The predicted octanol–water partition coefficient (Wildman–Crippen LogP) is 9.38. The van der Waals surface area contributed by atoms with Crippen LogP contribution in [0.25, 0.3) is 0 Å². The van der Waals surface area contributed by atoms with Crippen molar-refractivity contribution >= 4 is 0 Å². The molecule has 0 bridgehead atoms. The van der Waals surface area contributed by atoms with Crippen LogP contribution < -0.4 is 9.47 Å². The van der Waals surface area contributed by atoms with Gasteiger partial charge < -0.3 is 9.47 Å². The second kappa shape index (κ2) is 13.8. The van der Waals surface area contributed by atoms with E-state index >= 15 is 0 Å². The minimum absolute atomic E-state index is 0.174. The molecule has 4 rings (SSSR count). The first-order valence-electron chi connectivity index (χ1n) is 14.1. The minimum atomic E-state index is 0.174. The van der Waals surface area contributed by atoms with Crippen molar-refractivity contribution in [3.05, 3.63) is 59.7 Å². The van der Waals surface area contributed by atoms with Crippen molar-refractivity contribution in [3.8, 4) is 11.5 Å². The molecule has 38 heavy (non-hydrogen) atoms. The first-order chi connectivity index (χ1) is 17.1. The van der Waals surface area contributed by atoms with Crippen molar-refractivity contribution in [3.63, 3.8) is 0 Å². The summed E-state index contributed by atoms with van der Waals surface area (Å²) >= 11 is 0. The van der Waals surface area contributed by atoms with Gasteiger partial charge in [0.1, 0.15) is 25.0 Å². The van der Waals surface area contributed by atoms with Gasteiger partial charge in [0.15, 0.2) is 0 Å². The van der Waals surface area contributed by atoms with Gasteiger partial charge in [-0.15, -0.1) is 0 Å². The van der Waals surface area contributed by atoms with Crippen LogP contribution in [0, 0.1) is 10.8 Å². The number of benzene rings is 2. The Hall–Kier alpha value is -2.04. The number of ether oxygens (including phenoxy) is 2. The summed E-state index contributed by atoms with van der Waals surface area (Å²) < 4.78 is 11.4. The van der Waals surface area contributed by atoms with E-state index in [-0.39, 0.29) is 11.1 Å². The molecule has 0 aliphatic carbocycles.